The third-order valence-corrected chi connectivity index (χ3v) is 7.62. The van der Waals surface area contributed by atoms with E-state index in [0.29, 0.717) is 41.9 Å². The Hall–Kier alpha value is -2.51. The van der Waals surface area contributed by atoms with E-state index in [1.807, 2.05) is 30.8 Å². The van der Waals surface area contributed by atoms with Gasteiger partial charge in [-0.25, -0.2) is 15.1 Å². The van der Waals surface area contributed by atoms with Crippen molar-refractivity contribution in [3.05, 3.63) is 63.1 Å². The van der Waals surface area contributed by atoms with Crippen LogP contribution in [0.15, 0.2) is 31.0 Å². The Morgan fingerprint density at radius 3 is 2.82 bits per heavy atom. The molecule has 0 aliphatic heterocycles. The fourth-order valence-electron chi connectivity index (χ4n) is 4.37. The highest BCUT2D eigenvalue weighted by Gasteiger charge is 2.35. The Kier molecular flexibility index (Phi) is 7.24. The zero-order valence-electron chi connectivity index (χ0n) is 18.9. The van der Waals surface area contributed by atoms with Crippen molar-refractivity contribution in [1.82, 2.24) is 19.7 Å². The number of aliphatic hydroxyl groups is 1. The minimum absolute atomic E-state index is 0.0224. The van der Waals surface area contributed by atoms with E-state index in [1.165, 1.54) is 23.9 Å². The van der Waals surface area contributed by atoms with Gasteiger partial charge in [0.2, 0.25) is 5.78 Å². The van der Waals surface area contributed by atoms with E-state index >= 15 is 0 Å². The molecule has 3 heterocycles. The third kappa shape index (κ3) is 5.94. The molecule has 3 N–H and O–H groups in total. The van der Waals surface area contributed by atoms with Gasteiger partial charge in [0.15, 0.2) is 0 Å². The summed E-state index contributed by atoms with van der Waals surface area (Å²) in [7, 11) is -4.06. The van der Waals surface area contributed by atoms with E-state index in [-0.39, 0.29) is 24.2 Å². The van der Waals surface area contributed by atoms with Gasteiger partial charge in [-0.2, -0.15) is 13.5 Å². The van der Waals surface area contributed by atoms with Crippen molar-refractivity contribution in [3.8, 4) is 0 Å². The number of ketones is 1. The molecule has 0 bridgehead atoms. The van der Waals surface area contributed by atoms with Crippen molar-refractivity contribution in [2.24, 2.45) is 17.0 Å². The molecule has 1 saturated carbocycles. The minimum atomic E-state index is -4.06. The van der Waals surface area contributed by atoms with Crippen molar-refractivity contribution < 1.29 is 22.5 Å². The summed E-state index contributed by atoms with van der Waals surface area (Å²) < 4.78 is 28.6. The van der Waals surface area contributed by atoms with Gasteiger partial charge in [0.05, 0.1) is 41.6 Å². The number of hydrogen-bond donors (Lipinski definition) is 2. The van der Waals surface area contributed by atoms with Gasteiger partial charge >= 0.3 is 10.3 Å². The lowest BCUT2D eigenvalue weighted by Crippen LogP contribution is -2.24. The molecule has 0 amide bonds. The molecule has 182 valence electrons. The van der Waals surface area contributed by atoms with Gasteiger partial charge in [-0.05, 0) is 56.2 Å². The van der Waals surface area contributed by atoms with Crippen molar-refractivity contribution >= 4 is 27.4 Å². The molecule has 0 aromatic carbocycles. The molecule has 0 spiro atoms. The molecule has 0 saturated heterocycles. The number of hydrogen-bond acceptors (Lipinski definition) is 9. The molecular formula is C22H27N5O5S2. The Bertz CT molecular complexity index is 1290. The van der Waals surface area contributed by atoms with Crippen LogP contribution in [0.5, 0.6) is 0 Å². The van der Waals surface area contributed by atoms with Crippen LogP contribution in [-0.2, 0) is 27.5 Å². The SMILES string of the molecule is Cc1cnn(Cc2cc(C(=O)c3cncnc3C[C@@H]3C[C@H](COS(N)(=O)=O)[C@@H](O)C3)sc2C)c1. The van der Waals surface area contributed by atoms with E-state index in [1.54, 1.807) is 6.20 Å². The van der Waals surface area contributed by atoms with E-state index in [9.17, 15) is 18.3 Å². The Labute approximate surface area is 202 Å². The Balaban J connectivity index is 1.47. The zero-order chi connectivity index (χ0) is 24.5. The molecule has 3 atom stereocenters. The molecule has 12 heteroatoms. The van der Waals surface area contributed by atoms with Crippen LogP contribution >= 0.6 is 11.3 Å². The molecule has 0 unspecified atom stereocenters. The number of nitrogens with zero attached hydrogens (tertiary/aromatic N) is 4. The normalized spacial score (nSPS) is 20.6. The van der Waals surface area contributed by atoms with Crippen LogP contribution < -0.4 is 5.14 Å². The fraction of sp³-hybridized carbons (Fsp3) is 0.455. The first kappa shape index (κ1) is 24.6. The van der Waals surface area contributed by atoms with Crippen LogP contribution in [0.2, 0.25) is 0 Å². The van der Waals surface area contributed by atoms with Crippen LogP contribution in [-0.4, -0.2) is 51.8 Å². The topological polar surface area (TPSA) is 150 Å². The maximum absolute atomic E-state index is 13.4. The second kappa shape index (κ2) is 10.0. The van der Waals surface area contributed by atoms with Gasteiger partial charge in [-0.3, -0.25) is 13.7 Å². The van der Waals surface area contributed by atoms with E-state index in [0.717, 1.165) is 16.0 Å². The average molecular weight is 506 g/mol. The molecular weight excluding hydrogens is 478 g/mol. The number of aliphatic hydroxyl groups excluding tert-OH is 1. The van der Waals surface area contributed by atoms with Crippen LogP contribution in [0, 0.1) is 25.7 Å². The summed E-state index contributed by atoms with van der Waals surface area (Å²) in [4.78, 5) is 23.4. The molecule has 0 radical (unpaired) electrons. The standard InChI is InChI=1S/C22H27N5O5S2/c1-13-7-26-27(9-13)10-16-6-21(33-14(16)2)22(29)18-8-24-12-25-19(18)4-15-3-17(20(28)5-15)11-32-34(23,30)31/h6-9,12,15,17,20,28H,3-5,10-11H2,1-2H3,(H2,23,30,31)/t15-,17+,20-/m0/s1. The first-order valence-electron chi connectivity index (χ1n) is 10.9. The van der Waals surface area contributed by atoms with Gasteiger partial charge in [-0.15, -0.1) is 11.3 Å². The second-order valence-electron chi connectivity index (χ2n) is 8.77. The third-order valence-electron chi connectivity index (χ3n) is 6.06. The first-order chi connectivity index (χ1) is 16.1. The summed E-state index contributed by atoms with van der Waals surface area (Å²) in [5.74, 6) is -0.466. The minimum Gasteiger partial charge on any atom is -0.393 e. The lowest BCUT2D eigenvalue weighted by atomic mass is 9.96. The number of thiophene rings is 1. The second-order valence-corrected chi connectivity index (χ2v) is 11.2. The van der Waals surface area contributed by atoms with Crippen LogP contribution in [0.3, 0.4) is 0 Å². The van der Waals surface area contributed by atoms with Crippen molar-refractivity contribution in [2.45, 2.75) is 45.8 Å². The lowest BCUT2D eigenvalue weighted by molar-refractivity contribution is 0.100. The number of carbonyl (C=O) groups is 1. The molecule has 3 aromatic rings. The molecule has 34 heavy (non-hydrogen) atoms. The zero-order valence-corrected chi connectivity index (χ0v) is 20.6. The van der Waals surface area contributed by atoms with Gasteiger partial charge in [0.1, 0.15) is 6.33 Å². The maximum atomic E-state index is 13.4. The van der Waals surface area contributed by atoms with Gasteiger partial charge in [0.25, 0.3) is 0 Å². The molecule has 1 fully saturated rings. The average Bonchev–Trinajstić information content (AvgIpc) is 3.45. The van der Waals surface area contributed by atoms with E-state index in [4.69, 9.17) is 5.14 Å². The van der Waals surface area contributed by atoms with Crippen molar-refractivity contribution in [2.75, 3.05) is 6.61 Å². The van der Waals surface area contributed by atoms with E-state index in [2.05, 4.69) is 19.2 Å². The number of nitrogens with two attached hydrogens (primary N) is 1. The quantitative estimate of drug-likeness (QED) is 0.418. The predicted molar refractivity (Wildman–Crippen MR) is 126 cm³/mol. The van der Waals surface area contributed by atoms with Crippen LogP contribution in [0.25, 0.3) is 0 Å². The lowest BCUT2D eigenvalue weighted by Gasteiger charge is -2.13. The summed E-state index contributed by atoms with van der Waals surface area (Å²) in [5.41, 5.74) is 3.15. The summed E-state index contributed by atoms with van der Waals surface area (Å²) >= 11 is 1.43. The molecule has 10 nitrogen and oxygen atoms in total. The highest BCUT2D eigenvalue weighted by Crippen LogP contribution is 2.35. The number of aryl methyl sites for hydroxylation is 2. The van der Waals surface area contributed by atoms with E-state index < -0.39 is 16.4 Å². The number of rotatable bonds is 9. The van der Waals surface area contributed by atoms with Gasteiger partial charge in [0, 0.05) is 23.2 Å². The molecule has 4 rings (SSSR count). The van der Waals surface area contributed by atoms with Crippen LogP contribution in [0.1, 0.15) is 49.8 Å². The fourth-order valence-corrected chi connectivity index (χ4v) is 5.73. The van der Waals surface area contributed by atoms with Crippen molar-refractivity contribution in [3.63, 3.8) is 0 Å². The van der Waals surface area contributed by atoms with Crippen molar-refractivity contribution in [1.29, 1.82) is 0 Å². The summed E-state index contributed by atoms with van der Waals surface area (Å²) in [6.07, 6.45) is 7.46. The van der Waals surface area contributed by atoms with Gasteiger partial charge < -0.3 is 5.11 Å². The first-order valence-corrected chi connectivity index (χ1v) is 13.1. The van der Waals surface area contributed by atoms with Gasteiger partial charge in [-0.1, -0.05) is 0 Å². The summed E-state index contributed by atoms with van der Waals surface area (Å²) in [6, 6.07) is 1.90. The molecule has 3 aromatic heterocycles. The maximum Gasteiger partial charge on any atom is 0.333 e. The monoisotopic (exact) mass is 505 g/mol. The Morgan fingerprint density at radius 1 is 1.32 bits per heavy atom. The summed E-state index contributed by atoms with van der Waals surface area (Å²) in [6.45, 7) is 4.39. The molecule has 1 aliphatic carbocycles. The smallest absolute Gasteiger partial charge is 0.333 e. The Morgan fingerprint density at radius 2 is 2.12 bits per heavy atom. The summed E-state index contributed by atoms with van der Waals surface area (Å²) in [5, 5.41) is 19.5. The number of carbonyl (C=O) groups excluding carboxylic acids is 1. The molecule has 1 aliphatic rings. The predicted octanol–water partition coefficient (Wildman–Crippen LogP) is 1.78. The highest BCUT2D eigenvalue weighted by molar-refractivity contribution is 7.84. The van der Waals surface area contributed by atoms with Crippen LogP contribution in [0.4, 0.5) is 0 Å². The highest BCUT2D eigenvalue weighted by atomic mass is 32.2. The number of aromatic nitrogens is 4. The largest absolute Gasteiger partial charge is 0.393 e.